The van der Waals surface area contributed by atoms with Gasteiger partial charge in [-0.1, -0.05) is 84.4 Å². The number of hydrogen-bond donors (Lipinski definition) is 0. The summed E-state index contributed by atoms with van der Waals surface area (Å²) in [7, 11) is 0. The van der Waals surface area contributed by atoms with E-state index in [0.717, 1.165) is 16.7 Å². The van der Waals surface area contributed by atoms with Crippen LogP contribution in [0.3, 0.4) is 0 Å². The summed E-state index contributed by atoms with van der Waals surface area (Å²) in [6, 6.07) is 30.2. The van der Waals surface area contributed by atoms with E-state index in [9.17, 15) is 5.26 Å². The molecule has 0 heterocycles. The van der Waals surface area contributed by atoms with Gasteiger partial charge in [0.25, 0.3) is 0 Å². The number of halogens is 1. The molecule has 0 radical (unpaired) electrons. The highest BCUT2D eigenvalue weighted by molar-refractivity contribution is 6.30. The maximum atomic E-state index is 10.1. The molecule has 0 atom stereocenters. The van der Waals surface area contributed by atoms with Crippen molar-refractivity contribution in [1.29, 1.82) is 5.26 Å². The van der Waals surface area contributed by atoms with Crippen molar-refractivity contribution < 1.29 is 0 Å². The molecule has 0 aliphatic heterocycles. The summed E-state index contributed by atoms with van der Waals surface area (Å²) in [6.45, 7) is 0. The lowest BCUT2D eigenvalue weighted by Crippen LogP contribution is -2.28. The average molecular weight is 318 g/mol. The topological polar surface area (TPSA) is 23.8 Å². The van der Waals surface area contributed by atoms with Gasteiger partial charge in [0.1, 0.15) is 5.41 Å². The fourth-order valence-electron chi connectivity index (χ4n) is 2.89. The Labute approximate surface area is 141 Å². The highest BCUT2D eigenvalue weighted by Crippen LogP contribution is 2.35. The van der Waals surface area contributed by atoms with E-state index in [4.69, 9.17) is 11.6 Å². The summed E-state index contributed by atoms with van der Waals surface area (Å²) in [5.74, 6) is 0. The number of rotatable bonds is 4. The Morgan fingerprint density at radius 1 is 0.739 bits per heavy atom. The molecule has 0 spiro atoms. The van der Waals surface area contributed by atoms with Crippen LogP contribution in [0.2, 0.25) is 5.02 Å². The van der Waals surface area contributed by atoms with E-state index in [-0.39, 0.29) is 0 Å². The minimum absolute atomic E-state index is 0.606. The van der Waals surface area contributed by atoms with Crippen LogP contribution >= 0.6 is 11.6 Å². The van der Waals surface area contributed by atoms with Gasteiger partial charge in [-0.2, -0.15) is 5.26 Å². The van der Waals surface area contributed by atoms with Gasteiger partial charge >= 0.3 is 0 Å². The van der Waals surface area contributed by atoms with Crippen molar-refractivity contribution in [1.82, 2.24) is 0 Å². The third kappa shape index (κ3) is 3.13. The Hall–Kier alpha value is -2.56. The molecule has 3 rings (SSSR count). The second kappa shape index (κ2) is 6.69. The van der Waals surface area contributed by atoms with Gasteiger partial charge in [0.15, 0.2) is 0 Å². The van der Waals surface area contributed by atoms with Crippen LogP contribution in [0.5, 0.6) is 0 Å². The Morgan fingerprint density at radius 2 is 1.22 bits per heavy atom. The molecule has 3 aromatic rings. The first-order valence-electron chi connectivity index (χ1n) is 7.51. The van der Waals surface area contributed by atoms with Crippen LogP contribution in [-0.4, -0.2) is 0 Å². The van der Waals surface area contributed by atoms with Crippen LogP contribution in [0.1, 0.15) is 16.7 Å². The molecular weight excluding hydrogens is 302 g/mol. The third-order valence-corrected chi connectivity index (χ3v) is 4.36. The maximum Gasteiger partial charge on any atom is 0.111 e. The van der Waals surface area contributed by atoms with Crippen LogP contribution in [0.15, 0.2) is 84.9 Å². The predicted octanol–water partition coefficient (Wildman–Crippen LogP) is 5.39. The number of hydrogen-bond acceptors (Lipinski definition) is 1. The first-order valence-corrected chi connectivity index (χ1v) is 7.89. The van der Waals surface area contributed by atoms with Crippen molar-refractivity contribution in [3.8, 4) is 6.07 Å². The normalized spacial score (nSPS) is 11.0. The monoisotopic (exact) mass is 317 g/mol. The van der Waals surface area contributed by atoms with Crippen molar-refractivity contribution in [3.63, 3.8) is 0 Å². The SMILES string of the molecule is N#CC(Cc1ccc(Cl)cc1)(c1ccccc1)c1ccccc1. The molecule has 0 saturated carbocycles. The Bertz CT molecular complexity index is 762. The average Bonchev–Trinajstić information content (AvgIpc) is 2.63. The summed E-state index contributed by atoms with van der Waals surface area (Å²) in [6.07, 6.45) is 0.606. The van der Waals surface area contributed by atoms with Gasteiger partial charge < -0.3 is 0 Å². The van der Waals surface area contributed by atoms with Crippen LogP contribution in [0, 0.1) is 11.3 Å². The van der Waals surface area contributed by atoms with Gasteiger partial charge in [-0.25, -0.2) is 0 Å². The van der Waals surface area contributed by atoms with Gasteiger partial charge in [0.05, 0.1) is 6.07 Å². The van der Waals surface area contributed by atoms with Crippen molar-refractivity contribution in [2.75, 3.05) is 0 Å². The maximum absolute atomic E-state index is 10.1. The van der Waals surface area contributed by atoms with E-state index in [2.05, 4.69) is 6.07 Å². The molecule has 0 aliphatic rings. The van der Waals surface area contributed by atoms with Crippen LogP contribution in [0.25, 0.3) is 0 Å². The van der Waals surface area contributed by atoms with Crippen LogP contribution in [0.4, 0.5) is 0 Å². The minimum Gasteiger partial charge on any atom is -0.197 e. The van der Waals surface area contributed by atoms with E-state index >= 15 is 0 Å². The fourth-order valence-corrected chi connectivity index (χ4v) is 3.02. The Kier molecular flexibility index (Phi) is 4.46. The molecule has 0 aliphatic carbocycles. The molecule has 1 nitrogen and oxygen atoms in total. The summed E-state index contributed by atoms with van der Waals surface area (Å²) < 4.78 is 0. The standard InChI is InChI=1S/C21H16ClN/c22-20-13-11-17(12-14-20)15-21(16-23,18-7-3-1-4-8-18)19-9-5-2-6-10-19/h1-14H,15H2. The molecular formula is C21H16ClN. The van der Waals surface area contributed by atoms with Gasteiger partial charge in [-0.3, -0.25) is 0 Å². The van der Waals surface area contributed by atoms with E-state index in [1.807, 2.05) is 84.9 Å². The first kappa shape index (κ1) is 15.3. The largest absolute Gasteiger partial charge is 0.197 e. The van der Waals surface area contributed by atoms with Crippen molar-refractivity contribution in [3.05, 3.63) is 107 Å². The quantitative estimate of drug-likeness (QED) is 0.632. The minimum atomic E-state index is -0.712. The summed E-state index contributed by atoms with van der Waals surface area (Å²) in [4.78, 5) is 0. The first-order chi connectivity index (χ1) is 11.2. The van der Waals surface area contributed by atoms with Crippen LogP contribution < -0.4 is 0 Å². The molecule has 0 fully saturated rings. The number of nitriles is 1. The molecule has 0 bridgehead atoms. The summed E-state index contributed by atoms with van der Waals surface area (Å²) in [5, 5.41) is 10.8. The summed E-state index contributed by atoms with van der Waals surface area (Å²) in [5.41, 5.74) is 2.38. The second-order valence-electron chi connectivity index (χ2n) is 5.55. The van der Waals surface area contributed by atoms with Gasteiger partial charge in [0.2, 0.25) is 0 Å². The van der Waals surface area contributed by atoms with Gasteiger partial charge in [-0.05, 0) is 35.2 Å². The molecule has 0 amide bonds. The summed E-state index contributed by atoms with van der Waals surface area (Å²) >= 11 is 5.99. The van der Waals surface area contributed by atoms with Gasteiger partial charge in [-0.15, -0.1) is 0 Å². The zero-order valence-electron chi connectivity index (χ0n) is 12.6. The zero-order valence-corrected chi connectivity index (χ0v) is 13.4. The highest BCUT2D eigenvalue weighted by atomic mass is 35.5. The van der Waals surface area contributed by atoms with E-state index < -0.39 is 5.41 Å². The van der Waals surface area contributed by atoms with E-state index in [1.165, 1.54) is 0 Å². The van der Waals surface area contributed by atoms with E-state index in [1.54, 1.807) is 0 Å². The molecule has 0 aromatic heterocycles. The van der Waals surface area contributed by atoms with Crippen molar-refractivity contribution in [2.24, 2.45) is 0 Å². The smallest absolute Gasteiger partial charge is 0.111 e. The number of benzene rings is 3. The molecule has 23 heavy (non-hydrogen) atoms. The fraction of sp³-hybridized carbons (Fsp3) is 0.0952. The lowest BCUT2D eigenvalue weighted by Gasteiger charge is -2.28. The van der Waals surface area contributed by atoms with Crippen molar-refractivity contribution >= 4 is 11.6 Å². The van der Waals surface area contributed by atoms with Gasteiger partial charge in [0, 0.05) is 5.02 Å². The Morgan fingerprint density at radius 3 is 1.65 bits per heavy atom. The molecule has 0 unspecified atom stereocenters. The molecule has 0 N–H and O–H groups in total. The Balaban J connectivity index is 2.13. The molecule has 2 heteroatoms. The third-order valence-electron chi connectivity index (χ3n) is 4.11. The van der Waals surface area contributed by atoms with E-state index in [0.29, 0.717) is 11.4 Å². The predicted molar refractivity (Wildman–Crippen MR) is 94.4 cm³/mol. The lowest BCUT2D eigenvalue weighted by atomic mass is 9.71. The second-order valence-corrected chi connectivity index (χ2v) is 5.99. The molecule has 112 valence electrons. The number of nitrogens with zero attached hydrogens (tertiary/aromatic N) is 1. The zero-order chi connectivity index (χ0) is 16.1. The molecule has 3 aromatic carbocycles. The van der Waals surface area contributed by atoms with Crippen LogP contribution in [-0.2, 0) is 11.8 Å². The lowest BCUT2D eigenvalue weighted by molar-refractivity contribution is 0.653. The molecule has 0 saturated heterocycles. The van der Waals surface area contributed by atoms with Crippen molar-refractivity contribution in [2.45, 2.75) is 11.8 Å². The highest BCUT2D eigenvalue weighted by Gasteiger charge is 2.34.